The fourth-order valence-electron chi connectivity index (χ4n) is 5.73. The molecule has 0 spiro atoms. The van der Waals surface area contributed by atoms with Gasteiger partial charge in [-0.1, -0.05) is 53.0 Å². The first kappa shape index (κ1) is 29.4. The van der Waals surface area contributed by atoms with Crippen molar-refractivity contribution >= 4 is 11.9 Å². The molecule has 6 heteroatoms. The standard InChI is InChI=1S/C33H47FN2O3/c1-31(2,3)24-17-23(18-25(19-24)33(6)13-14-33)27-20-26(28(34)36(27)21-22-11-9-8-10-12-22)29(37)35-16-15-32(4,5)30(38)39-7/h17-20,22H,8-16,21H2,1-7H3,(H,35,37). The van der Waals surface area contributed by atoms with Crippen LogP contribution in [-0.2, 0) is 26.9 Å². The van der Waals surface area contributed by atoms with E-state index in [-0.39, 0.29) is 28.9 Å². The van der Waals surface area contributed by atoms with Crippen LogP contribution in [-0.4, -0.2) is 30.1 Å². The summed E-state index contributed by atoms with van der Waals surface area (Å²) < 4.78 is 22.8. The molecule has 2 saturated carbocycles. The second-order valence-corrected chi connectivity index (χ2v) is 13.8. The van der Waals surface area contributed by atoms with Crippen molar-refractivity contribution in [1.82, 2.24) is 9.88 Å². The molecule has 5 nitrogen and oxygen atoms in total. The molecule has 0 unspecified atom stereocenters. The lowest BCUT2D eigenvalue weighted by molar-refractivity contribution is -0.151. The van der Waals surface area contributed by atoms with Gasteiger partial charge < -0.3 is 14.6 Å². The van der Waals surface area contributed by atoms with E-state index >= 15 is 4.39 Å². The van der Waals surface area contributed by atoms with Crippen LogP contribution in [0.5, 0.6) is 0 Å². The van der Waals surface area contributed by atoms with Crippen LogP contribution in [0.3, 0.4) is 0 Å². The summed E-state index contributed by atoms with van der Waals surface area (Å²) >= 11 is 0. The van der Waals surface area contributed by atoms with Gasteiger partial charge >= 0.3 is 5.97 Å². The zero-order valence-electron chi connectivity index (χ0n) is 25.0. The molecule has 214 valence electrons. The van der Waals surface area contributed by atoms with Crippen molar-refractivity contribution in [3.05, 3.63) is 46.9 Å². The van der Waals surface area contributed by atoms with Gasteiger partial charge in [-0.3, -0.25) is 9.59 Å². The average Bonchev–Trinajstić information content (AvgIpc) is 3.57. The summed E-state index contributed by atoms with van der Waals surface area (Å²) in [6.45, 7) is 13.3. The van der Waals surface area contributed by atoms with Crippen LogP contribution in [0.2, 0.25) is 0 Å². The van der Waals surface area contributed by atoms with Crippen LogP contribution >= 0.6 is 0 Å². The number of rotatable bonds is 9. The van der Waals surface area contributed by atoms with Gasteiger partial charge in [0, 0.05) is 13.1 Å². The van der Waals surface area contributed by atoms with E-state index in [9.17, 15) is 9.59 Å². The van der Waals surface area contributed by atoms with Crippen LogP contribution in [0.15, 0.2) is 24.3 Å². The highest BCUT2D eigenvalue weighted by Gasteiger charge is 2.40. The Hall–Kier alpha value is -2.63. The van der Waals surface area contributed by atoms with Crippen LogP contribution < -0.4 is 5.32 Å². The zero-order chi connectivity index (χ0) is 28.6. The summed E-state index contributed by atoms with van der Waals surface area (Å²) in [6.07, 6.45) is 8.49. The highest BCUT2D eigenvalue weighted by molar-refractivity contribution is 5.96. The van der Waals surface area contributed by atoms with Gasteiger partial charge in [0.05, 0.1) is 23.8 Å². The van der Waals surface area contributed by atoms with Gasteiger partial charge in [0.15, 0.2) is 0 Å². The number of amides is 1. The van der Waals surface area contributed by atoms with Crippen LogP contribution in [0.4, 0.5) is 4.39 Å². The summed E-state index contributed by atoms with van der Waals surface area (Å²) in [4.78, 5) is 25.3. The Balaban J connectivity index is 1.70. The van der Waals surface area contributed by atoms with Crippen molar-refractivity contribution in [2.24, 2.45) is 11.3 Å². The number of benzene rings is 1. The van der Waals surface area contributed by atoms with Gasteiger partial charge in [-0.25, -0.2) is 0 Å². The summed E-state index contributed by atoms with van der Waals surface area (Å²) in [7, 11) is 1.36. The number of nitrogens with zero attached hydrogens (tertiary/aromatic N) is 1. The normalized spacial score (nSPS) is 17.6. The molecule has 1 aromatic carbocycles. The average molecular weight is 539 g/mol. The van der Waals surface area contributed by atoms with Crippen molar-refractivity contribution < 1.29 is 18.7 Å². The maximum absolute atomic E-state index is 16.1. The number of aromatic nitrogens is 1. The highest BCUT2D eigenvalue weighted by atomic mass is 19.1. The fourth-order valence-corrected chi connectivity index (χ4v) is 5.73. The molecule has 0 atom stereocenters. The minimum absolute atomic E-state index is 0.0536. The number of hydrogen-bond donors (Lipinski definition) is 1. The SMILES string of the molecule is COC(=O)C(C)(C)CCNC(=O)c1cc(-c2cc(C(C)(C)C)cc(C3(C)CC3)c2)n(CC2CCCCC2)c1F. The lowest BCUT2D eigenvalue weighted by Gasteiger charge is -2.25. The largest absolute Gasteiger partial charge is 0.469 e. The lowest BCUT2D eigenvalue weighted by Crippen LogP contribution is -2.33. The van der Waals surface area contributed by atoms with Gasteiger partial charge in [0.25, 0.3) is 5.91 Å². The van der Waals surface area contributed by atoms with Crippen molar-refractivity contribution in [1.29, 1.82) is 0 Å². The maximum Gasteiger partial charge on any atom is 0.311 e. The van der Waals surface area contributed by atoms with Crippen molar-refractivity contribution in [3.8, 4) is 11.3 Å². The third-order valence-electron chi connectivity index (χ3n) is 9.01. The molecule has 4 rings (SSSR count). The molecule has 1 amide bonds. The number of ether oxygens (including phenoxy) is 1. The molecule has 0 aliphatic heterocycles. The molecule has 2 aromatic rings. The van der Waals surface area contributed by atoms with E-state index in [1.54, 1.807) is 24.5 Å². The maximum atomic E-state index is 16.1. The first-order valence-electron chi connectivity index (χ1n) is 14.7. The molecule has 2 aliphatic rings. The second kappa shape index (κ2) is 11.1. The molecule has 39 heavy (non-hydrogen) atoms. The summed E-state index contributed by atoms with van der Waals surface area (Å²) in [6, 6.07) is 8.45. The Morgan fingerprint density at radius 1 is 1.05 bits per heavy atom. The van der Waals surface area contributed by atoms with E-state index in [2.05, 4.69) is 51.2 Å². The minimum atomic E-state index is -0.735. The quantitative estimate of drug-likeness (QED) is 0.336. The van der Waals surface area contributed by atoms with Crippen LogP contribution in [0.1, 0.15) is 114 Å². The van der Waals surface area contributed by atoms with E-state index in [1.807, 2.05) is 0 Å². The summed E-state index contributed by atoms with van der Waals surface area (Å²) in [5.74, 6) is -0.844. The van der Waals surface area contributed by atoms with Crippen molar-refractivity contribution in [2.45, 2.75) is 110 Å². The number of halogens is 1. The van der Waals surface area contributed by atoms with E-state index in [0.29, 0.717) is 18.9 Å². The monoisotopic (exact) mass is 538 g/mol. The van der Waals surface area contributed by atoms with E-state index in [1.165, 1.54) is 37.5 Å². The van der Waals surface area contributed by atoms with Gasteiger partial charge in [-0.05, 0) is 97.6 Å². The fraction of sp³-hybridized carbons (Fsp3) is 0.636. The second-order valence-electron chi connectivity index (χ2n) is 13.8. The van der Waals surface area contributed by atoms with Crippen molar-refractivity contribution in [2.75, 3.05) is 13.7 Å². The molecule has 0 saturated heterocycles. The molecular weight excluding hydrogens is 491 g/mol. The number of methoxy groups -OCH3 is 1. The molecule has 1 aromatic heterocycles. The number of carbonyl (C=O) groups is 2. The van der Waals surface area contributed by atoms with Crippen molar-refractivity contribution in [3.63, 3.8) is 0 Å². The number of nitrogens with one attached hydrogen (secondary N) is 1. The van der Waals surface area contributed by atoms with Crippen LogP contribution in [0, 0.1) is 17.3 Å². The Morgan fingerprint density at radius 2 is 1.72 bits per heavy atom. The third-order valence-corrected chi connectivity index (χ3v) is 9.01. The van der Waals surface area contributed by atoms with Gasteiger partial charge in [-0.15, -0.1) is 0 Å². The molecule has 0 bridgehead atoms. The molecular formula is C33H47FN2O3. The van der Waals surface area contributed by atoms with Gasteiger partial charge in [0.2, 0.25) is 5.95 Å². The lowest BCUT2D eigenvalue weighted by atomic mass is 9.82. The Labute approximate surface area is 233 Å². The Bertz CT molecular complexity index is 1190. The third kappa shape index (κ3) is 6.58. The number of hydrogen-bond acceptors (Lipinski definition) is 3. The molecule has 0 radical (unpaired) electrons. The first-order chi connectivity index (χ1) is 18.2. The van der Waals surface area contributed by atoms with Crippen LogP contribution in [0.25, 0.3) is 11.3 Å². The number of esters is 1. The zero-order valence-corrected chi connectivity index (χ0v) is 25.0. The molecule has 1 heterocycles. The molecule has 2 fully saturated rings. The first-order valence-corrected chi connectivity index (χ1v) is 14.7. The molecule has 2 aliphatic carbocycles. The molecule has 1 N–H and O–H groups in total. The summed E-state index contributed by atoms with van der Waals surface area (Å²) in [5.41, 5.74) is 3.72. The topological polar surface area (TPSA) is 60.3 Å². The predicted octanol–water partition coefficient (Wildman–Crippen LogP) is 7.54. The minimum Gasteiger partial charge on any atom is -0.469 e. The van der Waals surface area contributed by atoms with Gasteiger partial charge in [-0.2, -0.15) is 4.39 Å². The number of carbonyl (C=O) groups excluding carboxylic acids is 2. The summed E-state index contributed by atoms with van der Waals surface area (Å²) in [5, 5.41) is 2.85. The highest BCUT2D eigenvalue weighted by Crippen LogP contribution is 2.49. The van der Waals surface area contributed by atoms with E-state index in [0.717, 1.165) is 36.9 Å². The Kier molecular flexibility index (Phi) is 8.35. The van der Waals surface area contributed by atoms with E-state index in [4.69, 9.17) is 4.74 Å². The predicted molar refractivity (Wildman–Crippen MR) is 154 cm³/mol. The van der Waals surface area contributed by atoms with Gasteiger partial charge in [0.1, 0.15) is 0 Å². The Morgan fingerprint density at radius 3 is 2.31 bits per heavy atom. The smallest absolute Gasteiger partial charge is 0.311 e. The van der Waals surface area contributed by atoms with E-state index < -0.39 is 17.3 Å².